The van der Waals surface area contributed by atoms with Gasteiger partial charge in [-0.25, -0.2) is 9.97 Å². The normalized spacial score (nSPS) is 19.2. The van der Waals surface area contributed by atoms with Crippen molar-refractivity contribution in [2.75, 3.05) is 31.2 Å². The summed E-state index contributed by atoms with van der Waals surface area (Å²) in [5.41, 5.74) is 6.60. The highest BCUT2D eigenvalue weighted by Gasteiger charge is 2.44. The van der Waals surface area contributed by atoms with E-state index in [1.807, 2.05) is 12.4 Å². The highest BCUT2D eigenvalue weighted by atomic mass is 32.2. The monoisotopic (exact) mass is 408 g/mol. The first-order chi connectivity index (χ1) is 14.0. The standard InChI is InChI=1S/C24H32N4S/c1-17-7-8-22-21(14-17)24(19(3)27-22)9-12-28(13-10-24)11-5-6-20-15-25-23(26-16-20)18(2)29-4/h7-8,14-16,18,27H,3,5-6,9-13H2,1-2,4H3. The Hall–Kier alpha value is -1.85. The number of piperidine rings is 1. The third kappa shape index (κ3) is 4.08. The summed E-state index contributed by atoms with van der Waals surface area (Å²) in [6.45, 7) is 12.1. The van der Waals surface area contributed by atoms with E-state index in [4.69, 9.17) is 0 Å². The van der Waals surface area contributed by atoms with Gasteiger partial charge in [-0.2, -0.15) is 11.8 Å². The molecule has 0 saturated carbocycles. The van der Waals surface area contributed by atoms with Gasteiger partial charge in [0.15, 0.2) is 0 Å². The minimum absolute atomic E-state index is 0.121. The summed E-state index contributed by atoms with van der Waals surface area (Å²) >= 11 is 1.78. The number of thioether (sulfide) groups is 1. The van der Waals surface area contributed by atoms with Crippen molar-refractivity contribution in [2.45, 2.75) is 50.2 Å². The van der Waals surface area contributed by atoms with E-state index in [-0.39, 0.29) is 5.41 Å². The van der Waals surface area contributed by atoms with E-state index in [1.54, 1.807) is 11.8 Å². The van der Waals surface area contributed by atoms with Gasteiger partial charge < -0.3 is 10.2 Å². The van der Waals surface area contributed by atoms with Gasteiger partial charge in [0.25, 0.3) is 0 Å². The summed E-state index contributed by atoms with van der Waals surface area (Å²) in [7, 11) is 0. The Labute approximate surface area is 179 Å². The van der Waals surface area contributed by atoms with Crippen LogP contribution >= 0.6 is 11.8 Å². The van der Waals surface area contributed by atoms with E-state index in [2.05, 4.69) is 65.1 Å². The number of likely N-dealkylation sites (tertiary alicyclic amines) is 1. The number of nitrogens with zero attached hydrogens (tertiary/aromatic N) is 3. The van der Waals surface area contributed by atoms with Crippen LogP contribution in [0.15, 0.2) is 42.9 Å². The molecule has 1 unspecified atom stereocenters. The molecule has 2 aliphatic rings. The molecule has 1 aromatic heterocycles. The Kier molecular flexibility index (Phi) is 5.98. The van der Waals surface area contributed by atoms with E-state index >= 15 is 0 Å². The minimum atomic E-state index is 0.121. The summed E-state index contributed by atoms with van der Waals surface area (Å²) in [4.78, 5) is 11.7. The second kappa shape index (κ2) is 8.49. The molecule has 1 saturated heterocycles. The molecule has 2 aromatic rings. The molecule has 0 radical (unpaired) electrons. The molecule has 154 valence electrons. The van der Waals surface area contributed by atoms with E-state index in [9.17, 15) is 0 Å². The number of hydrogen-bond acceptors (Lipinski definition) is 5. The van der Waals surface area contributed by atoms with E-state index < -0.39 is 0 Å². The highest BCUT2D eigenvalue weighted by Crippen LogP contribution is 2.49. The molecule has 0 amide bonds. The molecule has 4 rings (SSSR count). The van der Waals surface area contributed by atoms with Crippen molar-refractivity contribution >= 4 is 17.4 Å². The number of aryl methyl sites for hydroxylation is 2. The van der Waals surface area contributed by atoms with Crippen LogP contribution in [-0.4, -0.2) is 40.8 Å². The lowest BCUT2D eigenvalue weighted by Crippen LogP contribution is -2.43. The van der Waals surface area contributed by atoms with Gasteiger partial charge in [0.05, 0.1) is 5.25 Å². The second-order valence-electron chi connectivity index (χ2n) is 8.51. The van der Waals surface area contributed by atoms with Gasteiger partial charge in [0.1, 0.15) is 5.82 Å². The van der Waals surface area contributed by atoms with E-state index in [0.717, 1.165) is 51.1 Å². The molecule has 1 atom stereocenters. The lowest BCUT2D eigenvalue weighted by molar-refractivity contribution is 0.179. The predicted octanol–water partition coefficient (Wildman–Crippen LogP) is 5.11. The van der Waals surface area contributed by atoms with Crippen molar-refractivity contribution in [2.24, 2.45) is 0 Å². The zero-order valence-corrected chi connectivity index (χ0v) is 18.7. The van der Waals surface area contributed by atoms with Crippen LogP contribution in [-0.2, 0) is 11.8 Å². The van der Waals surface area contributed by atoms with Crippen molar-refractivity contribution in [1.29, 1.82) is 0 Å². The fraction of sp³-hybridized carbons (Fsp3) is 0.500. The van der Waals surface area contributed by atoms with Crippen LogP contribution < -0.4 is 5.32 Å². The van der Waals surface area contributed by atoms with Crippen LogP contribution in [0.2, 0.25) is 0 Å². The van der Waals surface area contributed by atoms with Crippen LogP contribution in [0.5, 0.6) is 0 Å². The maximum Gasteiger partial charge on any atom is 0.140 e. The third-order valence-corrected chi connectivity index (χ3v) is 7.56. The summed E-state index contributed by atoms with van der Waals surface area (Å²) in [6.07, 6.45) is 10.6. The molecule has 4 nitrogen and oxygen atoms in total. The molecule has 1 fully saturated rings. The summed E-state index contributed by atoms with van der Waals surface area (Å²) in [6, 6.07) is 6.76. The highest BCUT2D eigenvalue weighted by molar-refractivity contribution is 7.98. The average molecular weight is 409 g/mol. The van der Waals surface area contributed by atoms with Crippen molar-refractivity contribution in [3.63, 3.8) is 0 Å². The number of anilines is 1. The van der Waals surface area contributed by atoms with Gasteiger partial charge in [-0.1, -0.05) is 24.3 Å². The lowest BCUT2D eigenvalue weighted by Gasteiger charge is -2.40. The van der Waals surface area contributed by atoms with Crippen molar-refractivity contribution < 1.29 is 0 Å². The topological polar surface area (TPSA) is 41.0 Å². The SMILES string of the molecule is C=C1Nc2ccc(C)cc2C12CCN(CCCc1cnc(C(C)SC)nc1)CC2. The number of benzene rings is 1. The summed E-state index contributed by atoms with van der Waals surface area (Å²) in [5, 5.41) is 3.91. The average Bonchev–Trinajstić information content (AvgIpc) is 3.00. The number of fused-ring (bicyclic) bond motifs is 2. The number of hydrogen-bond donors (Lipinski definition) is 1. The predicted molar refractivity (Wildman–Crippen MR) is 124 cm³/mol. The molecule has 1 spiro atoms. The first-order valence-electron chi connectivity index (χ1n) is 10.7. The van der Waals surface area contributed by atoms with Gasteiger partial charge in [-0.3, -0.25) is 0 Å². The minimum Gasteiger partial charge on any atom is -0.358 e. The Bertz CT molecular complexity index is 869. The van der Waals surface area contributed by atoms with Gasteiger partial charge in [-0.15, -0.1) is 0 Å². The molecule has 2 aliphatic heterocycles. The first-order valence-corrected chi connectivity index (χ1v) is 11.9. The van der Waals surface area contributed by atoms with Gasteiger partial charge >= 0.3 is 0 Å². The molecule has 1 N–H and O–H groups in total. The number of rotatable bonds is 6. The lowest BCUT2D eigenvalue weighted by atomic mass is 9.72. The number of aromatic nitrogens is 2. The Morgan fingerprint density at radius 3 is 2.66 bits per heavy atom. The van der Waals surface area contributed by atoms with E-state index in [0.29, 0.717) is 5.25 Å². The molecular weight excluding hydrogens is 376 g/mol. The van der Waals surface area contributed by atoms with Crippen molar-refractivity contribution in [3.8, 4) is 0 Å². The summed E-state index contributed by atoms with van der Waals surface area (Å²) in [5.74, 6) is 0.934. The largest absolute Gasteiger partial charge is 0.358 e. The molecular formula is C24H32N4S. The van der Waals surface area contributed by atoms with Crippen LogP contribution in [0.3, 0.4) is 0 Å². The summed E-state index contributed by atoms with van der Waals surface area (Å²) < 4.78 is 0. The first kappa shape index (κ1) is 20.4. The maximum absolute atomic E-state index is 4.54. The van der Waals surface area contributed by atoms with Crippen LogP contribution in [0.4, 0.5) is 5.69 Å². The Morgan fingerprint density at radius 2 is 1.97 bits per heavy atom. The second-order valence-corrected chi connectivity index (χ2v) is 9.69. The van der Waals surface area contributed by atoms with E-state index in [1.165, 1.54) is 28.1 Å². The van der Waals surface area contributed by atoms with Gasteiger partial charge in [0.2, 0.25) is 0 Å². The molecule has 0 aliphatic carbocycles. The molecule has 3 heterocycles. The zero-order chi connectivity index (χ0) is 20.4. The molecule has 1 aromatic carbocycles. The van der Waals surface area contributed by atoms with Crippen molar-refractivity contribution in [1.82, 2.24) is 14.9 Å². The Balaban J connectivity index is 1.30. The van der Waals surface area contributed by atoms with Gasteiger partial charge in [0, 0.05) is 29.2 Å². The fourth-order valence-electron chi connectivity index (χ4n) is 4.65. The molecule has 5 heteroatoms. The van der Waals surface area contributed by atoms with Gasteiger partial charge in [-0.05, 0) is 82.6 Å². The molecule has 0 bridgehead atoms. The zero-order valence-electron chi connectivity index (χ0n) is 17.9. The smallest absolute Gasteiger partial charge is 0.140 e. The van der Waals surface area contributed by atoms with Crippen molar-refractivity contribution in [3.05, 3.63) is 65.4 Å². The van der Waals surface area contributed by atoms with Crippen LogP contribution in [0.1, 0.15) is 54.0 Å². The molecule has 29 heavy (non-hydrogen) atoms. The third-order valence-electron chi connectivity index (χ3n) is 6.65. The quantitative estimate of drug-likeness (QED) is 0.719. The number of allylic oxidation sites excluding steroid dienone is 1. The Morgan fingerprint density at radius 1 is 1.24 bits per heavy atom. The maximum atomic E-state index is 4.54. The van der Waals surface area contributed by atoms with Crippen LogP contribution in [0, 0.1) is 6.92 Å². The fourth-order valence-corrected chi connectivity index (χ4v) is 4.99. The van der Waals surface area contributed by atoms with Crippen LogP contribution in [0.25, 0.3) is 0 Å². The number of nitrogens with one attached hydrogen (secondary N) is 1.